The summed E-state index contributed by atoms with van der Waals surface area (Å²) in [4.78, 5) is 4.14. The van der Waals surface area contributed by atoms with Crippen LogP contribution in [-0.2, 0) is 20.1 Å². The predicted octanol–water partition coefficient (Wildman–Crippen LogP) is 1.78. The zero-order valence-electron chi connectivity index (χ0n) is 11.7. The third-order valence-electron chi connectivity index (χ3n) is 2.81. The minimum absolute atomic E-state index is 0.546. The smallest absolute Gasteiger partial charge is 0.179 e. The van der Waals surface area contributed by atoms with E-state index in [4.69, 9.17) is 21.1 Å². The summed E-state index contributed by atoms with van der Waals surface area (Å²) in [6.07, 6.45) is 1.67. The first-order valence-electron chi connectivity index (χ1n) is 6.10. The maximum absolute atomic E-state index is 6.30. The summed E-state index contributed by atoms with van der Waals surface area (Å²) in [6.45, 7) is 1.17. The molecule has 2 aromatic rings. The number of ether oxygens (including phenoxy) is 2. The first-order chi connectivity index (χ1) is 9.65. The second-order valence-electron chi connectivity index (χ2n) is 4.21. The lowest BCUT2D eigenvalue weighted by Crippen LogP contribution is -2.14. The van der Waals surface area contributed by atoms with E-state index in [9.17, 15) is 0 Å². The molecule has 1 aromatic heterocycles. The van der Waals surface area contributed by atoms with Crippen molar-refractivity contribution in [3.05, 3.63) is 34.9 Å². The molecule has 108 valence electrons. The lowest BCUT2D eigenvalue weighted by molar-refractivity contribution is 0.354. The number of rotatable bonds is 6. The fourth-order valence-electron chi connectivity index (χ4n) is 1.84. The molecule has 0 fully saturated rings. The molecule has 1 N–H and O–H groups in total. The van der Waals surface area contributed by atoms with Crippen LogP contribution in [0.25, 0.3) is 0 Å². The highest BCUT2D eigenvalue weighted by Gasteiger charge is 2.12. The number of nitrogens with zero attached hydrogens (tertiary/aromatic N) is 3. The maximum atomic E-state index is 6.30. The van der Waals surface area contributed by atoms with Gasteiger partial charge in [0.15, 0.2) is 17.3 Å². The van der Waals surface area contributed by atoms with Gasteiger partial charge in [0.2, 0.25) is 0 Å². The van der Waals surface area contributed by atoms with Crippen LogP contribution in [0.5, 0.6) is 11.5 Å². The van der Waals surface area contributed by atoms with Crippen LogP contribution in [0.15, 0.2) is 18.5 Å². The normalized spacial score (nSPS) is 10.6. The van der Waals surface area contributed by atoms with Gasteiger partial charge in [0, 0.05) is 13.6 Å². The molecule has 0 bridgehead atoms. The van der Waals surface area contributed by atoms with Crippen LogP contribution in [0.1, 0.15) is 11.4 Å². The Morgan fingerprint density at radius 3 is 2.65 bits per heavy atom. The van der Waals surface area contributed by atoms with Crippen LogP contribution in [-0.4, -0.2) is 29.0 Å². The third kappa shape index (κ3) is 3.20. The molecule has 0 aliphatic carbocycles. The van der Waals surface area contributed by atoms with E-state index in [1.165, 1.54) is 0 Å². The first kappa shape index (κ1) is 14.6. The van der Waals surface area contributed by atoms with Gasteiger partial charge >= 0.3 is 0 Å². The van der Waals surface area contributed by atoms with Gasteiger partial charge in [-0.15, -0.1) is 0 Å². The molecule has 0 saturated heterocycles. The Bertz CT molecular complexity index is 586. The summed E-state index contributed by atoms with van der Waals surface area (Å²) < 4.78 is 12.1. The van der Waals surface area contributed by atoms with E-state index in [0.717, 1.165) is 11.4 Å². The molecule has 0 unspecified atom stereocenters. The fraction of sp³-hybridized carbons (Fsp3) is 0.385. The van der Waals surface area contributed by atoms with Crippen LogP contribution in [0, 0.1) is 0 Å². The average Bonchev–Trinajstić information content (AvgIpc) is 2.86. The summed E-state index contributed by atoms with van der Waals surface area (Å²) in [5, 5.41) is 7.98. The summed E-state index contributed by atoms with van der Waals surface area (Å²) in [5.74, 6) is 1.90. The van der Waals surface area contributed by atoms with Crippen molar-refractivity contribution in [1.82, 2.24) is 20.1 Å². The van der Waals surface area contributed by atoms with Crippen molar-refractivity contribution in [3.63, 3.8) is 0 Å². The number of hydrogen-bond donors (Lipinski definition) is 1. The van der Waals surface area contributed by atoms with Gasteiger partial charge in [-0.05, 0) is 11.6 Å². The zero-order valence-corrected chi connectivity index (χ0v) is 12.4. The van der Waals surface area contributed by atoms with Gasteiger partial charge in [-0.3, -0.25) is 4.68 Å². The summed E-state index contributed by atoms with van der Waals surface area (Å²) in [6, 6.07) is 3.74. The van der Waals surface area contributed by atoms with Crippen LogP contribution >= 0.6 is 11.6 Å². The largest absolute Gasteiger partial charge is 0.493 e. The molecule has 6 nitrogen and oxygen atoms in total. The average molecular weight is 297 g/mol. The number of nitrogens with one attached hydrogen (secondary N) is 1. The van der Waals surface area contributed by atoms with Crippen molar-refractivity contribution in [2.24, 2.45) is 7.05 Å². The van der Waals surface area contributed by atoms with Gasteiger partial charge in [0.05, 0.1) is 25.8 Å². The first-order valence-corrected chi connectivity index (χ1v) is 6.48. The van der Waals surface area contributed by atoms with Crippen molar-refractivity contribution in [1.29, 1.82) is 0 Å². The molecule has 2 rings (SSSR count). The minimum atomic E-state index is 0.546. The molecule has 7 heteroatoms. The van der Waals surface area contributed by atoms with Crippen molar-refractivity contribution in [2.75, 3.05) is 14.2 Å². The molecule has 0 aliphatic heterocycles. The number of methoxy groups -OCH3 is 2. The molecule has 1 aromatic carbocycles. The molecule has 20 heavy (non-hydrogen) atoms. The van der Waals surface area contributed by atoms with Crippen LogP contribution in [0.4, 0.5) is 0 Å². The second kappa shape index (κ2) is 6.58. The molecule has 1 heterocycles. The Kier molecular flexibility index (Phi) is 4.81. The number of hydrogen-bond acceptors (Lipinski definition) is 5. The Morgan fingerprint density at radius 1 is 1.25 bits per heavy atom. The summed E-state index contributed by atoms with van der Waals surface area (Å²) in [5.41, 5.74) is 0.931. The third-order valence-corrected chi connectivity index (χ3v) is 3.22. The summed E-state index contributed by atoms with van der Waals surface area (Å²) >= 11 is 6.30. The van der Waals surface area contributed by atoms with Gasteiger partial charge in [-0.2, -0.15) is 5.10 Å². The van der Waals surface area contributed by atoms with Crippen molar-refractivity contribution < 1.29 is 9.47 Å². The molecule has 0 atom stereocenters. The van der Waals surface area contributed by atoms with Gasteiger partial charge in [0.25, 0.3) is 0 Å². The Labute approximate surface area is 122 Å². The molecular formula is C13H17ClN4O2. The monoisotopic (exact) mass is 296 g/mol. The predicted molar refractivity (Wildman–Crippen MR) is 76.1 cm³/mol. The Balaban J connectivity index is 2.02. The Hall–Kier alpha value is -1.79. The molecule has 0 saturated carbocycles. The van der Waals surface area contributed by atoms with Gasteiger partial charge in [-0.25, -0.2) is 4.98 Å². The van der Waals surface area contributed by atoms with Crippen molar-refractivity contribution in [2.45, 2.75) is 13.1 Å². The lowest BCUT2D eigenvalue weighted by Gasteiger charge is -2.12. The van der Waals surface area contributed by atoms with E-state index < -0.39 is 0 Å². The van der Waals surface area contributed by atoms with Crippen LogP contribution < -0.4 is 14.8 Å². The zero-order chi connectivity index (χ0) is 14.5. The van der Waals surface area contributed by atoms with E-state index in [2.05, 4.69) is 15.4 Å². The highest BCUT2D eigenvalue weighted by atomic mass is 35.5. The minimum Gasteiger partial charge on any atom is -0.493 e. The molecular weight excluding hydrogens is 280 g/mol. The maximum Gasteiger partial charge on any atom is 0.179 e. The van der Waals surface area contributed by atoms with E-state index in [0.29, 0.717) is 29.6 Å². The standard InChI is InChI=1S/C13H17ClN4O2/c1-18-8-16-11(17-18)7-15-6-9-4-5-10(19-2)13(20-3)12(9)14/h4-5,8,15H,6-7H2,1-3H3. The SMILES string of the molecule is COc1ccc(CNCc2ncn(C)n2)c(Cl)c1OC. The quantitative estimate of drug-likeness (QED) is 0.880. The van der Waals surface area contributed by atoms with E-state index in [-0.39, 0.29) is 0 Å². The van der Waals surface area contributed by atoms with E-state index >= 15 is 0 Å². The molecule has 0 amide bonds. The van der Waals surface area contributed by atoms with Gasteiger partial charge < -0.3 is 14.8 Å². The van der Waals surface area contributed by atoms with Crippen molar-refractivity contribution >= 4 is 11.6 Å². The lowest BCUT2D eigenvalue weighted by atomic mass is 10.2. The van der Waals surface area contributed by atoms with E-state index in [1.807, 2.05) is 19.2 Å². The van der Waals surface area contributed by atoms with Crippen LogP contribution in [0.2, 0.25) is 5.02 Å². The number of aromatic nitrogens is 3. The van der Waals surface area contributed by atoms with E-state index in [1.54, 1.807) is 25.2 Å². The fourth-order valence-corrected chi connectivity index (χ4v) is 2.14. The van der Waals surface area contributed by atoms with Crippen molar-refractivity contribution in [3.8, 4) is 11.5 Å². The van der Waals surface area contributed by atoms with Gasteiger partial charge in [-0.1, -0.05) is 17.7 Å². The number of halogens is 1. The summed E-state index contributed by atoms with van der Waals surface area (Å²) in [7, 11) is 4.99. The second-order valence-corrected chi connectivity index (χ2v) is 4.59. The Morgan fingerprint density at radius 2 is 2.05 bits per heavy atom. The highest BCUT2D eigenvalue weighted by molar-refractivity contribution is 6.33. The highest BCUT2D eigenvalue weighted by Crippen LogP contribution is 2.37. The molecule has 0 spiro atoms. The number of benzene rings is 1. The topological polar surface area (TPSA) is 61.2 Å². The van der Waals surface area contributed by atoms with Gasteiger partial charge in [0.1, 0.15) is 6.33 Å². The number of aryl methyl sites for hydroxylation is 1. The molecule has 0 radical (unpaired) electrons. The van der Waals surface area contributed by atoms with Crippen LogP contribution in [0.3, 0.4) is 0 Å². The molecule has 0 aliphatic rings.